The number of aryl methyl sites for hydroxylation is 1. The maximum atomic E-state index is 4.51. The summed E-state index contributed by atoms with van der Waals surface area (Å²) >= 11 is 3.50. The molecule has 3 rings (SSSR count). The molecule has 1 aromatic heterocycles. The summed E-state index contributed by atoms with van der Waals surface area (Å²) in [7, 11) is 0. The van der Waals surface area contributed by atoms with Crippen LogP contribution in [0, 0.1) is 6.92 Å². The number of hydrogen-bond donors (Lipinski definition) is 2. The average Bonchev–Trinajstić information content (AvgIpc) is 2.59. The van der Waals surface area contributed by atoms with Crippen LogP contribution in [0.25, 0.3) is 0 Å². The summed E-state index contributed by atoms with van der Waals surface area (Å²) in [6, 6.07) is 14.2. The summed E-state index contributed by atoms with van der Waals surface area (Å²) < 4.78 is 1.07. The fourth-order valence-corrected chi connectivity index (χ4v) is 2.77. The van der Waals surface area contributed by atoms with E-state index in [1.165, 1.54) is 5.56 Å². The standard InChI is InChI=1S/C19H20BrN5/c1-12(2)15-6-4-5-7-17(15)23-18-11-21-25-19(24-18)22-14-8-9-16(20)13(3)10-14/h4-12H,1-3H3,(H2,22,23,24,25). The van der Waals surface area contributed by atoms with Crippen LogP contribution in [0.3, 0.4) is 0 Å². The minimum absolute atomic E-state index is 0.418. The number of benzene rings is 2. The summed E-state index contributed by atoms with van der Waals surface area (Å²) in [6.07, 6.45) is 1.62. The monoisotopic (exact) mass is 397 g/mol. The fourth-order valence-electron chi connectivity index (χ4n) is 2.52. The van der Waals surface area contributed by atoms with Crippen molar-refractivity contribution in [3.63, 3.8) is 0 Å². The first-order valence-corrected chi connectivity index (χ1v) is 8.91. The van der Waals surface area contributed by atoms with E-state index in [0.717, 1.165) is 21.4 Å². The first kappa shape index (κ1) is 17.4. The molecule has 25 heavy (non-hydrogen) atoms. The predicted octanol–water partition coefficient (Wildman–Crippen LogP) is 5.55. The van der Waals surface area contributed by atoms with Crippen molar-refractivity contribution in [2.75, 3.05) is 10.6 Å². The Morgan fingerprint density at radius 2 is 1.84 bits per heavy atom. The van der Waals surface area contributed by atoms with Gasteiger partial charge in [-0.25, -0.2) is 0 Å². The lowest BCUT2D eigenvalue weighted by atomic mass is 10.0. The van der Waals surface area contributed by atoms with Gasteiger partial charge >= 0.3 is 0 Å². The Morgan fingerprint density at radius 1 is 1.04 bits per heavy atom. The highest BCUT2D eigenvalue weighted by molar-refractivity contribution is 9.10. The molecule has 0 fully saturated rings. The summed E-state index contributed by atoms with van der Waals surface area (Å²) in [5.41, 5.74) is 4.32. The number of anilines is 4. The molecule has 0 saturated heterocycles. The predicted molar refractivity (Wildman–Crippen MR) is 106 cm³/mol. The minimum Gasteiger partial charge on any atom is -0.339 e. The Labute approximate surface area is 156 Å². The van der Waals surface area contributed by atoms with Gasteiger partial charge in [0.1, 0.15) is 0 Å². The van der Waals surface area contributed by atoms with Crippen LogP contribution in [0.4, 0.5) is 23.1 Å². The molecule has 0 atom stereocenters. The molecule has 0 saturated carbocycles. The Bertz CT molecular complexity index is 879. The Balaban J connectivity index is 1.81. The van der Waals surface area contributed by atoms with Gasteiger partial charge in [-0.15, -0.1) is 5.10 Å². The number of para-hydroxylation sites is 1. The highest BCUT2D eigenvalue weighted by Gasteiger charge is 2.08. The molecule has 0 unspecified atom stereocenters. The first-order chi connectivity index (χ1) is 12.0. The van der Waals surface area contributed by atoms with Crippen LogP contribution in [0.15, 0.2) is 53.1 Å². The maximum absolute atomic E-state index is 4.51. The van der Waals surface area contributed by atoms with Crippen LogP contribution < -0.4 is 10.6 Å². The SMILES string of the molecule is Cc1cc(Nc2nncc(Nc3ccccc3C(C)C)n2)ccc1Br. The third-order valence-electron chi connectivity index (χ3n) is 3.82. The molecule has 6 heteroatoms. The van der Waals surface area contributed by atoms with Crippen molar-refractivity contribution in [1.82, 2.24) is 15.2 Å². The zero-order valence-electron chi connectivity index (χ0n) is 14.4. The van der Waals surface area contributed by atoms with E-state index in [0.29, 0.717) is 17.7 Å². The third kappa shape index (κ3) is 4.33. The molecule has 2 aromatic carbocycles. The van der Waals surface area contributed by atoms with Gasteiger partial charge in [-0.2, -0.15) is 10.1 Å². The van der Waals surface area contributed by atoms with Gasteiger partial charge in [-0.1, -0.05) is 48.0 Å². The van der Waals surface area contributed by atoms with Gasteiger partial charge in [-0.05, 0) is 48.2 Å². The second-order valence-corrected chi connectivity index (χ2v) is 6.98. The van der Waals surface area contributed by atoms with E-state index in [-0.39, 0.29) is 0 Å². The maximum Gasteiger partial charge on any atom is 0.249 e. The number of hydrogen-bond acceptors (Lipinski definition) is 5. The molecule has 0 aliphatic carbocycles. The van der Waals surface area contributed by atoms with Gasteiger partial charge in [0.2, 0.25) is 5.95 Å². The second-order valence-electron chi connectivity index (χ2n) is 6.12. The Morgan fingerprint density at radius 3 is 2.60 bits per heavy atom. The lowest BCUT2D eigenvalue weighted by molar-refractivity contribution is 0.868. The van der Waals surface area contributed by atoms with Crippen LogP contribution in [-0.2, 0) is 0 Å². The molecule has 5 nitrogen and oxygen atoms in total. The van der Waals surface area contributed by atoms with Crippen LogP contribution in [0.1, 0.15) is 30.9 Å². The van der Waals surface area contributed by atoms with Crippen molar-refractivity contribution >= 4 is 39.1 Å². The van der Waals surface area contributed by atoms with Gasteiger partial charge in [0.25, 0.3) is 0 Å². The summed E-state index contributed by atoms with van der Waals surface area (Å²) in [6.45, 7) is 6.37. The molecule has 0 aliphatic heterocycles. The van der Waals surface area contributed by atoms with E-state index < -0.39 is 0 Å². The lowest BCUT2D eigenvalue weighted by Gasteiger charge is -2.14. The average molecular weight is 398 g/mol. The number of aromatic nitrogens is 3. The normalized spacial score (nSPS) is 10.8. The van der Waals surface area contributed by atoms with E-state index in [9.17, 15) is 0 Å². The Hall–Kier alpha value is -2.47. The topological polar surface area (TPSA) is 62.7 Å². The Kier molecular flexibility index (Phi) is 5.28. The van der Waals surface area contributed by atoms with Crippen LogP contribution >= 0.6 is 15.9 Å². The molecular weight excluding hydrogens is 378 g/mol. The van der Waals surface area contributed by atoms with Crippen molar-refractivity contribution in [1.29, 1.82) is 0 Å². The molecule has 0 spiro atoms. The summed E-state index contributed by atoms with van der Waals surface area (Å²) in [4.78, 5) is 4.51. The van der Waals surface area contributed by atoms with Crippen molar-refractivity contribution in [2.24, 2.45) is 0 Å². The molecule has 2 N–H and O–H groups in total. The third-order valence-corrected chi connectivity index (χ3v) is 4.71. The van der Waals surface area contributed by atoms with Gasteiger partial charge in [0, 0.05) is 15.8 Å². The number of nitrogens with zero attached hydrogens (tertiary/aromatic N) is 3. The van der Waals surface area contributed by atoms with Gasteiger partial charge in [-0.3, -0.25) is 0 Å². The fraction of sp³-hybridized carbons (Fsp3) is 0.211. The molecule has 3 aromatic rings. The van der Waals surface area contributed by atoms with Crippen molar-refractivity contribution in [3.8, 4) is 0 Å². The van der Waals surface area contributed by atoms with Crippen molar-refractivity contribution in [3.05, 3.63) is 64.3 Å². The van der Waals surface area contributed by atoms with Crippen molar-refractivity contribution < 1.29 is 0 Å². The molecule has 0 aliphatic rings. The second kappa shape index (κ2) is 7.61. The summed E-state index contributed by atoms with van der Waals surface area (Å²) in [5.74, 6) is 1.52. The van der Waals surface area contributed by atoms with Crippen molar-refractivity contribution in [2.45, 2.75) is 26.7 Å². The van der Waals surface area contributed by atoms with E-state index in [1.54, 1.807) is 6.20 Å². The zero-order chi connectivity index (χ0) is 17.8. The minimum atomic E-state index is 0.418. The highest BCUT2D eigenvalue weighted by Crippen LogP contribution is 2.26. The van der Waals surface area contributed by atoms with E-state index in [2.05, 4.69) is 61.7 Å². The van der Waals surface area contributed by atoms with Gasteiger partial charge in [0.15, 0.2) is 5.82 Å². The largest absolute Gasteiger partial charge is 0.339 e. The van der Waals surface area contributed by atoms with Crippen LogP contribution in [-0.4, -0.2) is 15.2 Å². The molecule has 0 amide bonds. The molecule has 128 valence electrons. The van der Waals surface area contributed by atoms with E-state index in [1.807, 2.05) is 43.3 Å². The molecule has 0 radical (unpaired) electrons. The number of halogens is 1. The molecular formula is C19H20BrN5. The van der Waals surface area contributed by atoms with Crippen LogP contribution in [0.5, 0.6) is 0 Å². The van der Waals surface area contributed by atoms with Gasteiger partial charge < -0.3 is 10.6 Å². The molecule has 1 heterocycles. The number of nitrogens with one attached hydrogen (secondary N) is 2. The smallest absolute Gasteiger partial charge is 0.249 e. The molecule has 0 bridgehead atoms. The van der Waals surface area contributed by atoms with E-state index in [4.69, 9.17) is 0 Å². The highest BCUT2D eigenvalue weighted by atomic mass is 79.9. The number of rotatable bonds is 5. The zero-order valence-corrected chi connectivity index (χ0v) is 16.0. The lowest BCUT2D eigenvalue weighted by Crippen LogP contribution is -2.04. The summed E-state index contributed by atoms with van der Waals surface area (Å²) in [5, 5.41) is 14.6. The van der Waals surface area contributed by atoms with E-state index >= 15 is 0 Å². The van der Waals surface area contributed by atoms with Gasteiger partial charge in [0.05, 0.1) is 6.20 Å². The quantitative estimate of drug-likeness (QED) is 0.590. The first-order valence-electron chi connectivity index (χ1n) is 8.12. The van der Waals surface area contributed by atoms with Crippen LogP contribution in [0.2, 0.25) is 0 Å².